The van der Waals surface area contributed by atoms with Gasteiger partial charge in [-0.05, 0) is 67.4 Å². The molecule has 3 rings (SSSR count). The van der Waals surface area contributed by atoms with Crippen molar-refractivity contribution in [2.45, 2.75) is 84.8 Å². The molecule has 5 unspecified atom stereocenters. The summed E-state index contributed by atoms with van der Waals surface area (Å²) in [5, 5.41) is 11.5. The van der Waals surface area contributed by atoms with Gasteiger partial charge in [-0.15, -0.1) is 0 Å². The smallest absolute Gasteiger partial charge is 0.303 e. The van der Waals surface area contributed by atoms with Crippen LogP contribution in [0.25, 0.3) is 0 Å². The molecule has 2 saturated carbocycles. The van der Waals surface area contributed by atoms with Gasteiger partial charge < -0.3 is 9.84 Å². The Morgan fingerprint density at radius 1 is 1.32 bits per heavy atom. The molecule has 1 N–H and O–H groups in total. The zero-order chi connectivity index (χ0) is 18.6. The summed E-state index contributed by atoms with van der Waals surface area (Å²) in [6.07, 6.45) is 7.82. The maximum Gasteiger partial charge on any atom is 0.303 e. The number of aliphatic hydroxyl groups is 1. The van der Waals surface area contributed by atoms with Crippen LogP contribution in [0.4, 0.5) is 0 Å². The van der Waals surface area contributed by atoms with E-state index in [1.165, 1.54) is 12.5 Å². The largest absolute Gasteiger partial charge is 0.458 e. The topological polar surface area (TPSA) is 46.5 Å². The van der Waals surface area contributed by atoms with Gasteiger partial charge in [-0.2, -0.15) is 0 Å². The fraction of sp³-hybridized carbons (Fsp3) is 0.773. The lowest BCUT2D eigenvalue weighted by atomic mass is 9.60. The molecule has 3 aliphatic carbocycles. The maximum absolute atomic E-state index is 11.9. The highest BCUT2D eigenvalue weighted by Crippen LogP contribution is 2.62. The number of carbonyl (C=O) groups is 1. The predicted octanol–water partition coefficient (Wildman–Crippen LogP) is 4.80. The fourth-order valence-corrected chi connectivity index (χ4v) is 5.78. The van der Waals surface area contributed by atoms with Crippen molar-refractivity contribution in [1.82, 2.24) is 0 Å². The predicted molar refractivity (Wildman–Crippen MR) is 100.0 cm³/mol. The van der Waals surface area contributed by atoms with Crippen molar-refractivity contribution in [3.63, 3.8) is 0 Å². The van der Waals surface area contributed by atoms with Gasteiger partial charge >= 0.3 is 5.97 Å². The number of esters is 1. The van der Waals surface area contributed by atoms with Gasteiger partial charge in [0.25, 0.3) is 0 Å². The highest BCUT2D eigenvalue weighted by Gasteiger charge is 2.58. The Hall–Kier alpha value is -1.09. The van der Waals surface area contributed by atoms with Crippen LogP contribution in [-0.2, 0) is 9.53 Å². The summed E-state index contributed by atoms with van der Waals surface area (Å²) >= 11 is 0. The first-order chi connectivity index (χ1) is 11.5. The number of ether oxygens (including phenoxy) is 1. The highest BCUT2D eigenvalue weighted by atomic mass is 16.5. The second-order valence-corrected chi connectivity index (χ2v) is 9.52. The molecule has 0 amide bonds. The first-order valence-electron chi connectivity index (χ1n) is 9.83. The molecular formula is C22H34O3. The van der Waals surface area contributed by atoms with Crippen molar-refractivity contribution < 1.29 is 14.6 Å². The van der Waals surface area contributed by atoms with E-state index in [1.807, 2.05) is 0 Å². The molecule has 140 valence electrons. The lowest BCUT2D eigenvalue weighted by molar-refractivity contribution is -0.152. The molecule has 0 aromatic carbocycles. The molecule has 0 bridgehead atoms. The van der Waals surface area contributed by atoms with E-state index in [2.05, 4.69) is 40.3 Å². The molecule has 2 fully saturated rings. The van der Waals surface area contributed by atoms with Crippen molar-refractivity contribution in [3.8, 4) is 0 Å². The molecule has 0 spiro atoms. The Kier molecular flexibility index (Phi) is 4.47. The summed E-state index contributed by atoms with van der Waals surface area (Å²) in [5.41, 5.74) is 1.43. The van der Waals surface area contributed by atoms with Gasteiger partial charge in [0, 0.05) is 12.3 Å². The number of hydrogen-bond donors (Lipinski definition) is 1. The monoisotopic (exact) mass is 346 g/mol. The van der Waals surface area contributed by atoms with E-state index in [-0.39, 0.29) is 28.8 Å². The number of rotatable bonds is 2. The van der Waals surface area contributed by atoms with Gasteiger partial charge in [0.15, 0.2) is 0 Å². The van der Waals surface area contributed by atoms with E-state index < -0.39 is 5.60 Å². The molecule has 3 aliphatic rings. The first-order valence-corrected chi connectivity index (χ1v) is 9.83. The minimum atomic E-state index is -0.793. The zero-order valence-electron chi connectivity index (χ0n) is 16.5. The standard InChI is InChI=1S/C22H34O3/c1-14(2)22(24)11-10-20(5)13-17-15(3)8-7-9-21(17,6)19(12-18(20)22)25-16(4)23/h12,14,17,19,24H,3,7-11,13H2,1-2,4-6H3. The number of allylic oxidation sites excluding steroid dienone is 1. The molecule has 0 aromatic rings. The molecule has 3 nitrogen and oxygen atoms in total. The Morgan fingerprint density at radius 3 is 2.60 bits per heavy atom. The van der Waals surface area contributed by atoms with Crippen molar-refractivity contribution >= 4 is 5.97 Å². The molecule has 3 heteroatoms. The van der Waals surface area contributed by atoms with E-state index in [0.717, 1.165) is 44.1 Å². The molecular weight excluding hydrogens is 312 g/mol. The van der Waals surface area contributed by atoms with Crippen LogP contribution in [0.5, 0.6) is 0 Å². The van der Waals surface area contributed by atoms with Crippen LogP contribution in [-0.4, -0.2) is 22.8 Å². The van der Waals surface area contributed by atoms with Crippen molar-refractivity contribution in [1.29, 1.82) is 0 Å². The van der Waals surface area contributed by atoms with Crippen LogP contribution in [0.3, 0.4) is 0 Å². The van der Waals surface area contributed by atoms with Gasteiger partial charge in [0.05, 0.1) is 5.60 Å². The molecule has 0 radical (unpaired) electrons. The van der Waals surface area contributed by atoms with E-state index >= 15 is 0 Å². The van der Waals surface area contributed by atoms with E-state index in [9.17, 15) is 9.90 Å². The summed E-state index contributed by atoms with van der Waals surface area (Å²) < 4.78 is 5.85. The van der Waals surface area contributed by atoms with Gasteiger partial charge in [-0.1, -0.05) is 39.8 Å². The van der Waals surface area contributed by atoms with Gasteiger partial charge in [-0.3, -0.25) is 4.79 Å². The quantitative estimate of drug-likeness (QED) is 0.577. The lowest BCUT2D eigenvalue weighted by Gasteiger charge is -2.46. The van der Waals surface area contributed by atoms with Gasteiger partial charge in [0.2, 0.25) is 0 Å². The zero-order valence-corrected chi connectivity index (χ0v) is 16.5. The summed E-state index contributed by atoms with van der Waals surface area (Å²) in [6.45, 7) is 14.6. The van der Waals surface area contributed by atoms with Crippen LogP contribution in [0.2, 0.25) is 0 Å². The minimum absolute atomic E-state index is 0.0415. The third kappa shape index (κ3) is 2.79. The first kappa shape index (κ1) is 18.7. The Morgan fingerprint density at radius 2 is 2.00 bits per heavy atom. The molecule has 0 aromatic heterocycles. The Balaban J connectivity index is 2.15. The van der Waals surface area contributed by atoms with Crippen LogP contribution in [0, 0.1) is 22.7 Å². The van der Waals surface area contributed by atoms with E-state index in [0.29, 0.717) is 5.92 Å². The minimum Gasteiger partial charge on any atom is -0.458 e. The highest BCUT2D eigenvalue weighted by molar-refractivity contribution is 5.66. The van der Waals surface area contributed by atoms with Crippen molar-refractivity contribution in [2.24, 2.45) is 22.7 Å². The van der Waals surface area contributed by atoms with Crippen LogP contribution < -0.4 is 0 Å². The summed E-state index contributed by atoms with van der Waals surface area (Å²) in [4.78, 5) is 11.9. The third-order valence-corrected chi connectivity index (χ3v) is 7.55. The maximum atomic E-state index is 11.9. The Bertz CT molecular complexity index is 619. The SMILES string of the molecule is C=C1CCCC2(C)C(OC(C)=O)C=C3C(C)(CCC3(O)C(C)C)CC12. The number of carbonyl (C=O) groups excluding carboxylic acids is 1. The van der Waals surface area contributed by atoms with Crippen molar-refractivity contribution in [3.05, 3.63) is 23.8 Å². The average Bonchev–Trinajstić information content (AvgIpc) is 2.71. The number of hydrogen-bond acceptors (Lipinski definition) is 3. The van der Waals surface area contributed by atoms with E-state index in [4.69, 9.17) is 4.74 Å². The summed E-state index contributed by atoms with van der Waals surface area (Å²) in [7, 11) is 0. The molecule has 25 heavy (non-hydrogen) atoms. The summed E-state index contributed by atoms with van der Waals surface area (Å²) in [6, 6.07) is 0. The van der Waals surface area contributed by atoms with Crippen molar-refractivity contribution in [2.75, 3.05) is 0 Å². The summed E-state index contributed by atoms with van der Waals surface area (Å²) in [5.74, 6) is 0.237. The van der Waals surface area contributed by atoms with E-state index in [1.54, 1.807) is 0 Å². The molecule has 0 saturated heterocycles. The normalized spacial score (nSPS) is 44.0. The third-order valence-electron chi connectivity index (χ3n) is 7.55. The molecule has 0 heterocycles. The van der Waals surface area contributed by atoms with Gasteiger partial charge in [-0.25, -0.2) is 0 Å². The van der Waals surface area contributed by atoms with Gasteiger partial charge in [0.1, 0.15) is 6.10 Å². The van der Waals surface area contributed by atoms with Crippen LogP contribution in [0.1, 0.15) is 73.1 Å². The fourth-order valence-electron chi connectivity index (χ4n) is 5.78. The molecule has 5 atom stereocenters. The number of fused-ring (bicyclic) bond motifs is 2. The van der Waals surface area contributed by atoms with Crippen LogP contribution in [0.15, 0.2) is 23.8 Å². The van der Waals surface area contributed by atoms with Crippen LogP contribution >= 0.6 is 0 Å². The average molecular weight is 347 g/mol. The second kappa shape index (κ2) is 5.97. The molecule has 0 aliphatic heterocycles. The lowest BCUT2D eigenvalue weighted by Crippen LogP contribution is -2.43. The Labute approximate surface area is 152 Å². The second-order valence-electron chi connectivity index (χ2n) is 9.52.